The van der Waals surface area contributed by atoms with Gasteiger partial charge in [-0.3, -0.25) is 14.5 Å². The Morgan fingerprint density at radius 3 is 2.71 bits per heavy atom. The van der Waals surface area contributed by atoms with Crippen LogP contribution in [0.5, 0.6) is 0 Å². The predicted octanol–water partition coefficient (Wildman–Crippen LogP) is 2.89. The molecule has 4 rings (SSSR count). The number of rotatable bonds is 8. The standard InChI is InChI=1S/C26H40N4O3S/c1-34-15-5-8-23(34)18-29-10-9-26(19-27,20-29)28-25(32)22(16-21-6-3-2-4-7-21)17-24(31)30-11-13-33-14-12-30/h8,15,21-22H,2-7,9-14,16-18,20H2,1H3,(H,28,32)/t22-,26+,34?/m0/s1. The highest BCUT2D eigenvalue weighted by molar-refractivity contribution is 8.18. The van der Waals surface area contributed by atoms with Crippen molar-refractivity contribution < 1.29 is 14.3 Å². The minimum Gasteiger partial charge on any atom is -0.378 e. The lowest BCUT2D eigenvalue weighted by molar-refractivity contribution is -0.140. The van der Waals surface area contributed by atoms with Crippen LogP contribution in [0.2, 0.25) is 0 Å². The van der Waals surface area contributed by atoms with E-state index in [2.05, 4.69) is 34.0 Å². The summed E-state index contributed by atoms with van der Waals surface area (Å²) < 4.78 is 5.39. The summed E-state index contributed by atoms with van der Waals surface area (Å²) in [6.45, 7) is 4.55. The highest BCUT2D eigenvalue weighted by atomic mass is 32.2. The van der Waals surface area contributed by atoms with Crippen molar-refractivity contribution >= 4 is 27.7 Å². The number of amides is 2. The fourth-order valence-corrected chi connectivity index (χ4v) is 7.14. The number of hydrogen-bond donors (Lipinski definition) is 1. The van der Waals surface area contributed by atoms with Crippen LogP contribution in [0.1, 0.15) is 57.8 Å². The lowest BCUT2D eigenvalue weighted by Crippen LogP contribution is -2.52. The van der Waals surface area contributed by atoms with Crippen LogP contribution in [0.25, 0.3) is 0 Å². The maximum atomic E-state index is 13.6. The summed E-state index contributed by atoms with van der Waals surface area (Å²) in [6.07, 6.45) is 13.1. The molecule has 0 spiro atoms. The van der Waals surface area contributed by atoms with Gasteiger partial charge in [0.2, 0.25) is 11.8 Å². The van der Waals surface area contributed by atoms with E-state index in [0.717, 1.165) is 38.8 Å². The Morgan fingerprint density at radius 1 is 1.26 bits per heavy atom. The number of carbonyl (C=O) groups excluding carboxylic acids is 2. The molecule has 0 radical (unpaired) electrons. The largest absolute Gasteiger partial charge is 0.378 e. The molecule has 1 saturated carbocycles. The number of carbonyl (C=O) groups is 2. The Morgan fingerprint density at radius 2 is 2.03 bits per heavy atom. The number of hydrogen-bond acceptors (Lipinski definition) is 5. The Balaban J connectivity index is 1.40. The number of morpholine rings is 1. The van der Waals surface area contributed by atoms with Gasteiger partial charge in [0.25, 0.3) is 0 Å². The first-order chi connectivity index (χ1) is 16.5. The Kier molecular flexibility index (Phi) is 8.84. The van der Waals surface area contributed by atoms with Gasteiger partial charge in [-0.1, -0.05) is 43.5 Å². The zero-order valence-corrected chi connectivity index (χ0v) is 21.4. The van der Waals surface area contributed by atoms with Gasteiger partial charge in [-0.25, -0.2) is 0 Å². The molecule has 34 heavy (non-hydrogen) atoms. The van der Waals surface area contributed by atoms with Gasteiger partial charge in [-0.15, -0.1) is 0 Å². The Bertz CT molecular complexity index is 855. The average molecular weight is 489 g/mol. The molecule has 3 fully saturated rings. The molecule has 8 heteroatoms. The average Bonchev–Trinajstić information content (AvgIpc) is 3.46. The van der Waals surface area contributed by atoms with Gasteiger partial charge >= 0.3 is 0 Å². The van der Waals surface area contributed by atoms with Gasteiger partial charge in [-0.05, 0) is 36.3 Å². The van der Waals surface area contributed by atoms with Crippen LogP contribution >= 0.6 is 10.5 Å². The van der Waals surface area contributed by atoms with E-state index in [4.69, 9.17) is 4.74 Å². The van der Waals surface area contributed by atoms with E-state index in [1.165, 1.54) is 24.2 Å². The van der Waals surface area contributed by atoms with Crippen molar-refractivity contribution in [1.82, 2.24) is 15.1 Å². The van der Waals surface area contributed by atoms with E-state index >= 15 is 0 Å². The second-order valence-electron chi connectivity index (χ2n) is 10.4. The number of ether oxygens (including phenoxy) is 1. The van der Waals surface area contributed by atoms with Crippen molar-refractivity contribution in [3.05, 3.63) is 11.0 Å². The van der Waals surface area contributed by atoms with Gasteiger partial charge in [-0.2, -0.15) is 15.7 Å². The maximum absolute atomic E-state index is 13.6. The third-order valence-electron chi connectivity index (χ3n) is 7.91. The first kappa shape index (κ1) is 25.4. The molecule has 2 saturated heterocycles. The minimum atomic E-state index is -0.862. The molecule has 0 aromatic rings. The molecule has 1 unspecified atom stereocenters. The molecular weight excluding hydrogens is 448 g/mol. The van der Waals surface area contributed by atoms with Crippen molar-refractivity contribution in [2.75, 3.05) is 52.2 Å². The van der Waals surface area contributed by atoms with Crippen LogP contribution < -0.4 is 5.32 Å². The topological polar surface area (TPSA) is 85.7 Å². The molecular formula is C26H40N4O3S. The van der Waals surface area contributed by atoms with Crippen molar-refractivity contribution in [2.45, 2.75) is 63.3 Å². The molecule has 0 aromatic carbocycles. The van der Waals surface area contributed by atoms with Crippen LogP contribution in [0.15, 0.2) is 11.0 Å². The van der Waals surface area contributed by atoms with Crippen molar-refractivity contribution in [3.8, 4) is 6.07 Å². The Labute approximate surface area is 206 Å². The summed E-state index contributed by atoms with van der Waals surface area (Å²) in [6, 6.07) is 2.44. The molecule has 0 bridgehead atoms. The molecule has 7 nitrogen and oxygen atoms in total. The molecule has 2 amide bonds. The van der Waals surface area contributed by atoms with Crippen molar-refractivity contribution in [2.24, 2.45) is 11.8 Å². The number of allylic oxidation sites excluding steroid dienone is 1. The first-order valence-electron chi connectivity index (χ1n) is 13.0. The molecule has 3 aliphatic heterocycles. The number of nitrogens with zero attached hydrogens (tertiary/aromatic N) is 3. The van der Waals surface area contributed by atoms with Crippen molar-refractivity contribution in [1.29, 1.82) is 5.26 Å². The fraction of sp³-hybridized carbons (Fsp3) is 0.769. The monoisotopic (exact) mass is 488 g/mol. The second kappa shape index (κ2) is 11.8. The van der Waals surface area contributed by atoms with Gasteiger partial charge in [0.15, 0.2) is 0 Å². The van der Waals surface area contributed by atoms with Gasteiger partial charge in [0, 0.05) is 45.1 Å². The first-order valence-corrected chi connectivity index (χ1v) is 14.7. The molecule has 188 valence electrons. The van der Waals surface area contributed by atoms with Gasteiger partial charge < -0.3 is 15.0 Å². The van der Waals surface area contributed by atoms with Crippen LogP contribution in [0.4, 0.5) is 0 Å². The summed E-state index contributed by atoms with van der Waals surface area (Å²) in [5.74, 6) is 0.0523. The van der Waals surface area contributed by atoms with Crippen LogP contribution in [0, 0.1) is 23.2 Å². The lowest BCUT2D eigenvalue weighted by Gasteiger charge is -2.32. The van der Waals surface area contributed by atoms with Crippen LogP contribution in [-0.4, -0.2) is 84.7 Å². The van der Waals surface area contributed by atoms with E-state index in [1.54, 1.807) is 0 Å². The van der Waals surface area contributed by atoms with E-state index < -0.39 is 5.54 Å². The quantitative estimate of drug-likeness (QED) is 0.531. The molecule has 1 aliphatic carbocycles. The second-order valence-corrected chi connectivity index (χ2v) is 12.4. The zero-order valence-electron chi connectivity index (χ0n) is 20.6. The minimum absolute atomic E-state index is 0.0396. The smallest absolute Gasteiger partial charge is 0.224 e. The summed E-state index contributed by atoms with van der Waals surface area (Å²) in [5.41, 5.74) is -0.862. The molecule has 0 aromatic heterocycles. The third-order valence-corrected chi connectivity index (χ3v) is 9.72. The molecule has 3 heterocycles. The van der Waals surface area contributed by atoms with E-state index in [0.29, 0.717) is 45.2 Å². The normalized spacial score (nSPS) is 29.2. The zero-order chi connectivity index (χ0) is 24.0. The SMILES string of the molecule is CS1=CCC=C1CN1CC[C@](C#N)(NC(=O)[C@H](CC(=O)N2CCOCC2)CC2CCCCC2)C1. The predicted molar refractivity (Wildman–Crippen MR) is 137 cm³/mol. The highest BCUT2D eigenvalue weighted by Gasteiger charge is 2.42. The van der Waals surface area contributed by atoms with E-state index in [1.807, 2.05) is 4.90 Å². The summed E-state index contributed by atoms with van der Waals surface area (Å²) in [4.78, 5) is 32.2. The van der Waals surface area contributed by atoms with Gasteiger partial charge in [0.05, 0.1) is 19.3 Å². The van der Waals surface area contributed by atoms with Crippen LogP contribution in [0.3, 0.4) is 0 Å². The van der Waals surface area contributed by atoms with Gasteiger partial charge in [0.1, 0.15) is 5.54 Å². The molecule has 3 atom stereocenters. The van der Waals surface area contributed by atoms with E-state index in [-0.39, 0.29) is 34.6 Å². The maximum Gasteiger partial charge on any atom is 0.224 e. The van der Waals surface area contributed by atoms with Crippen LogP contribution in [-0.2, 0) is 14.3 Å². The highest BCUT2D eigenvalue weighted by Crippen LogP contribution is 2.33. The van der Waals surface area contributed by atoms with Crippen molar-refractivity contribution in [3.63, 3.8) is 0 Å². The lowest BCUT2D eigenvalue weighted by atomic mass is 9.81. The third kappa shape index (κ3) is 6.50. The van der Waals surface area contributed by atoms with E-state index in [9.17, 15) is 14.9 Å². The summed E-state index contributed by atoms with van der Waals surface area (Å²) >= 11 is 0. The number of likely N-dealkylation sites (tertiary alicyclic amines) is 1. The summed E-state index contributed by atoms with van der Waals surface area (Å²) in [7, 11) is 0.208. The fourth-order valence-electron chi connectivity index (χ4n) is 5.79. The Hall–Kier alpha value is -1.69. The number of nitrogens with one attached hydrogen (secondary N) is 1. The molecule has 1 N–H and O–H groups in total. The number of nitriles is 1. The summed E-state index contributed by atoms with van der Waals surface area (Å²) in [5, 5.41) is 15.6. The molecule has 4 aliphatic rings.